The van der Waals surface area contributed by atoms with Gasteiger partial charge in [0.2, 0.25) is 0 Å². The number of halogens is 1. The van der Waals surface area contributed by atoms with Crippen LogP contribution in [0.2, 0.25) is 5.02 Å². The predicted octanol–water partition coefficient (Wildman–Crippen LogP) is 4.14. The predicted molar refractivity (Wildman–Crippen MR) is 115 cm³/mol. The number of nitrogens with zero attached hydrogens (tertiary/aromatic N) is 2. The van der Waals surface area contributed by atoms with E-state index in [2.05, 4.69) is 0 Å². The molecular formula is C24H23ClN2O4. The fourth-order valence-corrected chi connectivity index (χ4v) is 4.60. The van der Waals surface area contributed by atoms with E-state index in [0.717, 1.165) is 22.9 Å². The number of imide groups is 1. The highest BCUT2D eigenvalue weighted by molar-refractivity contribution is 6.30. The van der Waals surface area contributed by atoms with Gasteiger partial charge in [-0.25, -0.2) is 5.01 Å². The number of fused-ring (bicyclic) bond motifs is 1. The highest BCUT2D eigenvalue weighted by Gasteiger charge is 2.53. The maximum atomic E-state index is 13.5. The Kier molecular flexibility index (Phi) is 5.92. The van der Waals surface area contributed by atoms with Crippen LogP contribution in [0.5, 0.6) is 0 Å². The van der Waals surface area contributed by atoms with Gasteiger partial charge in [-0.15, -0.1) is 0 Å². The van der Waals surface area contributed by atoms with Gasteiger partial charge in [0.1, 0.15) is 6.04 Å². The van der Waals surface area contributed by atoms with Gasteiger partial charge < -0.3 is 0 Å². The van der Waals surface area contributed by atoms with Gasteiger partial charge in [-0.05, 0) is 44.0 Å². The second kappa shape index (κ2) is 8.63. The first kappa shape index (κ1) is 21.2. The molecule has 6 nitrogen and oxygen atoms in total. The van der Waals surface area contributed by atoms with Crippen LogP contribution in [0.15, 0.2) is 54.6 Å². The van der Waals surface area contributed by atoms with Gasteiger partial charge in [0.05, 0.1) is 11.8 Å². The zero-order chi connectivity index (χ0) is 22.1. The van der Waals surface area contributed by atoms with E-state index < -0.39 is 35.6 Å². The molecule has 1 saturated carbocycles. The van der Waals surface area contributed by atoms with Crippen molar-refractivity contribution in [3.63, 3.8) is 0 Å². The average molecular weight is 439 g/mol. The second-order valence-corrected chi connectivity index (χ2v) is 8.49. The topological polar surface area (TPSA) is 74.8 Å². The zero-order valence-electron chi connectivity index (χ0n) is 17.2. The molecule has 0 aromatic heterocycles. The summed E-state index contributed by atoms with van der Waals surface area (Å²) >= 11 is 5.95. The largest absolute Gasteiger partial charge is 0.292 e. The van der Waals surface area contributed by atoms with Crippen molar-refractivity contribution in [2.75, 3.05) is 0 Å². The van der Waals surface area contributed by atoms with Crippen molar-refractivity contribution >= 4 is 35.1 Å². The first-order chi connectivity index (χ1) is 14.9. The molecule has 3 atom stereocenters. The van der Waals surface area contributed by atoms with Crippen molar-refractivity contribution in [1.29, 1.82) is 0 Å². The molecule has 0 unspecified atom stereocenters. The van der Waals surface area contributed by atoms with Gasteiger partial charge in [-0.1, -0.05) is 54.8 Å². The molecule has 2 aromatic rings. The number of Topliss-reactive ketones (excluding diaryl/α,β-unsaturated/α-hetero) is 1. The summed E-state index contributed by atoms with van der Waals surface area (Å²) in [6.45, 7) is 1.55. The van der Waals surface area contributed by atoms with E-state index in [-0.39, 0.29) is 11.3 Å². The van der Waals surface area contributed by atoms with Gasteiger partial charge >= 0.3 is 0 Å². The van der Waals surface area contributed by atoms with E-state index in [9.17, 15) is 19.2 Å². The van der Waals surface area contributed by atoms with Crippen LogP contribution in [0, 0.1) is 11.8 Å². The lowest BCUT2D eigenvalue weighted by Gasteiger charge is -2.34. The molecule has 31 heavy (non-hydrogen) atoms. The number of ketones is 1. The van der Waals surface area contributed by atoms with Gasteiger partial charge in [0.25, 0.3) is 17.7 Å². The smallest absolute Gasteiger partial charge is 0.273 e. The Labute approximate surface area is 185 Å². The fraction of sp³-hybridized carbons (Fsp3) is 0.333. The molecule has 0 N–H and O–H groups in total. The Hall–Kier alpha value is -2.99. The van der Waals surface area contributed by atoms with Gasteiger partial charge in [-0.3, -0.25) is 19.2 Å². The zero-order valence-corrected chi connectivity index (χ0v) is 17.9. The minimum atomic E-state index is -1.04. The number of carbonyl (C=O) groups is 4. The minimum absolute atomic E-state index is 0.243. The molecule has 2 fully saturated rings. The second-order valence-electron chi connectivity index (χ2n) is 8.05. The SMILES string of the molecule is C[C@H](C(=O)c1ccccc1)N(C(=O)c1ccc(Cl)cc1)N1C(=O)[C@H]2CCCC[C@@H]2C1=O. The summed E-state index contributed by atoms with van der Waals surface area (Å²) in [5, 5.41) is 2.43. The quantitative estimate of drug-likeness (QED) is 0.519. The molecular weight excluding hydrogens is 416 g/mol. The van der Waals surface area contributed by atoms with Gasteiger partial charge in [0.15, 0.2) is 5.78 Å². The van der Waals surface area contributed by atoms with Gasteiger partial charge in [-0.2, -0.15) is 5.01 Å². The summed E-state index contributed by atoms with van der Waals surface area (Å²) in [6.07, 6.45) is 2.99. The number of benzene rings is 2. The molecule has 0 radical (unpaired) electrons. The number of hydrogen-bond acceptors (Lipinski definition) is 4. The molecule has 1 aliphatic heterocycles. The van der Waals surface area contributed by atoms with Crippen LogP contribution in [-0.4, -0.2) is 39.6 Å². The Balaban J connectivity index is 1.74. The third-order valence-corrected chi connectivity index (χ3v) is 6.39. The van der Waals surface area contributed by atoms with Crippen LogP contribution in [0.1, 0.15) is 53.3 Å². The molecule has 4 rings (SSSR count). The van der Waals surface area contributed by atoms with E-state index in [1.807, 2.05) is 0 Å². The van der Waals surface area contributed by atoms with Crippen LogP contribution in [0.25, 0.3) is 0 Å². The number of carbonyl (C=O) groups excluding carboxylic acids is 4. The first-order valence-corrected chi connectivity index (χ1v) is 10.8. The van der Waals surface area contributed by atoms with E-state index >= 15 is 0 Å². The molecule has 0 bridgehead atoms. The molecule has 1 saturated heterocycles. The summed E-state index contributed by atoms with van der Waals surface area (Å²) in [5.74, 6) is -2.59. The van der Waals surface area contributed by atoms with Crippen LogP contribution in [0.4, 0.5) is 0 Å². The van der Waals surface area contributed by atoms with Crippen molar-refractivity contribution < 1.29 is 19.2 Å². The third-order valence-electron chi connectivity index (χ3n) is 6.14. The standard InChI is InChI=1S/C24H23ClN2O4/c1-15(21(28)16-7-3-2-4-8-16)26(22(29)17-11-13-18(25)14-12-17)27-23(30)19-9-5-6-10-20(19)24(27)31/h2-4,7-8,11-15,19-20H,5-6,9-10H2,1H3/t15-,19+,20+/m1/s1. The average Bonchev–Trinajstić information content (AvgIpc) is 3.05. The lowest BCUT2D eigenvalue weighted by Crippen LogP contribution is -2.56. The Bertz CT molecular complexity index is 998. The van der Waals surface area contributed by atoms with Crippen molar-refractivity contribution in [2.45, 2.75) is 38.6 Å². The maximum absolute atomic E-state index is 13.5. The molecule has 2 aromatic carbocycles. The Morgan fingerprint density at radius 1 is 0.903 bits per heavy atom. The number of hydrogen-bond donors (Lipinski definition) is 0. The van der Waals surface area contributed by atoms with E-state index in [4.69, 9.17) is 11.6 Å². The highest BCUT2D eigenvalue weighted by Crippen LogP contribution is 2.39. The monoisotopic (exact) mass is 438 g/mol. The van der Waals surface area contributed by atoms with E-state index in [1.54, 1.807) is 49.4 Å². The Morgan fingerprint density at radius 2 is 1.45 bits per heavy atom. The molecule has 1 heterocycles. The maximum Gasteiger partial charge on any atom is 0.273 e. The number of hydrazine groups is 1. The molecule has 0 spiro atoms. The van der Waals surface area contributed by atoms with Crippen LogP contribution in [0.3, 0.4) is 0 Å². The van der Waals surface area contributed by atoms with Crippen LogP contribution in [-0.2, 0) is 9.59 Å². The molecule has 2 aliphatic rings. The molecule has 7 heteroatoms. The normalized spacial score (nSPS) is 21.5. The summed E-state index contributed by atoms with van der Waals surface area (Å²) in [4.78, 5) is 53.1. The summed E-state index contributed by atoms with van der Waals surface area (Å²) in [5.41, 5.74) is 0.646. The minimum Gasteiger partial charge on any atom is -0.292 e. The lowest BCUT2D eigenvalue weighted by atomic mass is 9.81. The third kappa shape index (κ3) is 3.88. The Morgan fingerprint density at radius 3 is 2.00 bits per heavy atom. The lowest BCUT2D eigenvalue weighted by molar-refractivity contribution is -0.156. The summed E-state index contributed by atoms with van der Waals surface area (Å²) < 4.78 is 0. The van der Waals surface area contributed by atoms with Gasteiger partial charge in [0, 0.05) is 16.1 Å². The van der Waals surface area contributed by atoms with Crippen molar-refractivity contribution in [2.24, 2.45) is 11.8 Å². The molecule has 1 aliphatic carbocycles. The fourth-order valence-electron chi connectivity index (χ4n) is 4.48. The number of rotatable bonds is 5. The number of amides is 3. The molecule has 3 amide bonds. The highest BCUT2D eigenvalue weighted by atomic mass is 35.5. The van der Waals surface area contributed by atoms with Crippen molar-refractivity contribution in [3.8, 4) is 0 Å². The summed E-state index contributed by atoms with van der Waals surface area (Å²) in [6, 6.07) is 13.7. The van der Waals surface area contributed by atoms with Crippen LogP contribution < -0.4 is 0 Å². The van der Waals surface area contributed by atoms with E-state index in [0.29, 0.717) is 23.4 Å². The van der Waals surface area contributed by atoms with Crippen molar-refractivity contribution in [3.05, 3.63) is 70.7 Å². The molecule has 160 valence electrons. The van der Waals surface area contributed by atoms with Crippen molar-refractivity contribution in [1.82, 2.24) is 10.0 Å². The first-order valence-electron chi connectivity index (χ1n) is 10.5. The van der Waals surface area contributed by atoms with E-state index in [1.165, 1.54) is 12.1 Å². The summed E-state index contributed by atoms with van der Waals surface area (Å²) in [7, 11) is 0. The van der Waals surface area contributed by atoms with Crippen LogP contribution >= 0.6 is 11.6 Å².